The van der Waals surface area contributed by atoms with E-state index in [1.165, 1.54) is 19.3 Å². The molecule has 1 aliphatic rings. The average molecular weight is 430 g/mol. The van der Waals surface area contributed by atoms with E-state index in [1.54, 1.807) is 6.20 Å². The van der Waals surface area contributed by atoms with Crippen LogP contribution in [-0.4, -0.2) is 33.4 Å². The Morgan fingerprint density at radius 2 is 1.84 bits per heavy atom. The Balaban J connectivity index is 1.48. The quantitative estimate of drug-likeness (QED) is 0.500. The number of benzene rings is 2. The van der Waals surface area contributed by atoms with Crippen molar-refractivity contribution in [3.63, 3.8) is 0 Å². The van der Waals surface area contributed by atoms with E-state index in [2.05, 4.69) is 22.2 Å². The molecule has 4 rings (SSSR count). The van der Waals surface area contributed by atoms with Gasteiger partial charge in [0.15, 0.2) is 0 Å². The Labute approximate surface area is 189 Å². The molecule has 0 aliphatic heterocycles. The molecular weight excluding hydrogens is 398 g/mol. The first kappa shape index (κ1) is 21.8. The van der Waals surface area contributed by atoms with Gasteiger partial charge in [0.2, 0.25) is 5.95 Å². The molecule has 0 spiro atoms. The van der Waals surface area contributed by atoms with Crippen LogP contribution in [0.4, 0.5) is 17.3 Å². The summed E-state index contributed by atoms with van der Waals surface area (Å²) in [6.45, 7) is 4.80. The van der Waals surface area contributed by atoms with Crippen molar-refractivity contribution in [3.8, 4) is 11.3 Å². The van der Waals surface area contributed by atoms with Crippen molar-refractivity contribution in [1.29, 1.82) is 0 Å². The van der Waals surface area contributed by atoms with Crippen LogP contribution in [-0.2, 0) is 0 Å². The predicted octanol–water partition coefficient (Wildman–Crippen LogP) is 5.57. The van der Waals surface area contributed by atoms with Gasteiger partial charge in [-0.2, -0.15) is 0 Å². The van der Waals surface area contributed by atoms with Gasteiger partial charge in [0.25, 0.3) is 5.91 Å². The highest BCUT2D eigenvalue weighted by atomic mass is 16.2. The Kier molecular flexibility index (Phi) is 6.69. The number of nitrogens with two attached hydrogens (primary N) is 1. The number of nitrogens with one attached hydrogen (secondary N) is 1. The zero-order valence-electron chi connectivity index (χ0n) is 18.8. The van der Waals surface area contributed by atoms with Gasteiger partial charge in [-0.1, -0.05) is 31.4 Å². The van der Waals surface area contributed by atoms with E-state index < -0.39 is 0 Å². The highest BCUT2D eigenvalue weighted by Crippen LogP contribution is 2.27. The van der Waals surface area contributed by atoms with Crippen LogP contribution < -0.4 is 11.1 Å². The maximum atomic E-state index is 13.1. The van der Waals surface area contributed by atoms with Gasteiger partial charge in [-0.15, -0.1) is 0 Å². The number of amides is 1. The SMILES string of the molecule is CCN(C(=O)c1ccc(Nc2nccc(-c3cccc(N)c3C)n2)cc1)C1CCCCC1. The molecule has 32 heavy (non-hydrogen) atoms. The van der Waals surface area contributed by atoms with Crippen molar-refractivity contribution in [2.75, 3.05) is 17.6 Å². The van der Waals surface area contributed by atoms with Gasteiger partial charge in [-0.3, -0.25) is 4.79 Å². The molecule has 0 radical (unpaired) electrons. The van der Waals surface area contributed by atoms with Crippen molar-refractivity contribution in [3.05, 3.63) is 65.9 Å². The zero-order chi connectivity index (χ0) is 22.5. The molecule has 166 valence electrons. The van der Waals surface area contributed by atoms with E-state index >= 15 is 0 Å². The molecule has 6 heteroatoms. The van der Waals surface area contributed by atoms with Crippen LogP contribution in [0.15, 0.2) is 54.7 Å². The highest BCUT2D eigenvalue weighted by Gasteiger charge is 2.24. The van der Waals surface area contributed by atoms with Crippen molar-refractivity contribution in [1.82, 2.24) is 14.9 Å². The van der Waals surface area contributed by atoms with Gasteiger partial charge in [-0.25, -0.2) is 9.97 Å². The minimum Gasteiger partial charge on any atom is -0.398 e. The molecular formula is C26H31N5O. The van der Waals surface area contributed by atoms with Crippen LogP contribution in [0.25, 0.3) is 11.3 Å². The van der Waals surface area contributed by atoms with E-state index in [9.17, 15) is 4.79 Å². The molecule has 1 saturated carbocycles. The van der Waals surface area contributed by atoms with Crippen LogP contribution in [0.1, 0.15) is 54.9 Å². The topological polar surface area (TPSA) is 84.1 Å². The fourth-order valence-corrected chi connectivity index (χ4v) is 4.45. The molecule has 0 saturated heterocycles. The lowest BCUT2D eigenvalue weighted by Crippen LogP contribution is -2.41. The molecule has 1 aliphatic carbocycles. The van der Waals surface area contributed by atoms with Crippen molar-refractivity contribution >= 4 is 23.2 Å². The standard InChI is InChI=1S/C26H31N5O/c1-3-31(21-8-5-4-6-9-21)25(32)19-12-14-20(15-13-19)29-26-28-17-16-24(30-26)22-10-7-11-23(27)18(22)2/h7,10-17,21H,3-6,8-9,27H2,1-2H3,(H,28,29,30). The number of nitrogen functional groups attached to an aromatic ring is 1. The maximum Gasteiger partial charge on any atom is 0.254 e. The average Bonchev–Trinajstić information content (AvgIpc) is 2.82. The summed E-state index contributed by atoms with van der Waals surface area (Å²) in [6, 6.07) is 15.6. The first-order chi connectivity index (χ1) is 15.6. The smallest absolute Gasteiger partial charge is 0.254 e. The van der Waals surface area contributed by atoms with Crippen LogP contribution in [0.2, 0.25) is 0 Å². The Bertz CT molecular complexity index is 1070. The number of aromatic nitrogens is 2. The second-order valence-corrected chi connectivity index (χ2v) is 8.37. The maximum absolute atomic E-state index is 13.1. The second kappa shape index (κ2) is 9.81. The highest BCUT2D eigenvalue weighted by molar-refractivity contribution is 5.94. The predicted molar refractivity (Wildman–Crippen MR) is 130 cm³/mol. The van der Waals surface area contributed by atoms with Gasteiger partial charge in [0.1, 0.15) is 0 Å². The van der Waals surface area contributed by atoms with E-state index in [0.717, 1.165) is 47.6 Å². The molecule has 0 bridgehead atoms. The van der Waals surface area contributed by atoms with E-state index in [-0.39, 0.29) is 5.91 Å². The number of hydrogen-bond acceptors (Lipinski definition) is 5. The number of hydrogen-bond donors (Lipinski definition) is 2. The molecule has 1 heterocycles. The van der Waals surface area contributed by atoms with Crippen molar-refractivity contribution < 1.29 is 4.79 Å². The molecule has 1 amide bonds. The number of rotatable bonds is 6. The summed E-state index contributed by atoms with van der Waals surface area (Å²) < 4.78 is 0. The summed E-state index contributed by atoms with van der Waals surface area (Å²) in [5.41, 5.74) is 11.1. The van der Waals surface area contributed by atoms with Gasteiger partial charge < -0.3 is 16.0 Å². The van der Waals surface area contributed by atoms with Crippen LogP contribution in [0, 0.1) is 6.92 Å². The lowest BCUT2D eigenvalue weighted by atomic mass is 9.93. The monoisotopic (exact) mass is 429 g/mol. The first-order valence-electron chi connectivity index (χ1n) is 11.4. The molecule has 1 fully saturated rings. The molecule has 3 aromatic rings. The number of carbonyl (C=O) groups is 1. The Hall–Kier alpha value is -3.41. The van der Waals surface area contributed by atoms with Crippen molar-refractivity contribution in [2.24, 2.45) is 0 Å². The number of nitrogens with zero attached hydrogens (tertiary/aromatic N) is 3. The fraction of sp³-hybridized carbons (Fsp3) is 0.346. The Morgan fingerprint density at radius 3 is 2.56 bits per heavy atom. The van der Waals surface area contributed by atoms with Gasteiger partial charge >= 0.3 is 0 Å². The number of anilines is 3. The van der Waals surface area contributed by atoms with Crippen LogP contribution in [0.5, 0.6) is 0 Å². The van der Waals surface area contributed by atoms with E-state index in [0.29, 0.717) is 17.6 Å². The molecule has 1 aromatic heterocycles. The first-order valence-corrected chi connectivity index (χ1v) is 11.4. The van der Waals surface area contributed by atoms with Crippen molar-refractivity contribution in [2.45, 2.75) is 52.0 Å². The third-order valence-electron chi connectivity index (χ3n) is 6.31. The second-order valence-electron chi connectivity index (χ2n) is 8.37. The summed E-state index contributed by atoms with van der Waals surface area (Å²) in [6.07, 6.45) is 7.66. The van der Waals surface area contributed by atoms with Gasteiger partial charge in [0, 0.05) is 41.3 Å². The molecule has 3 N–H and O–H groups in total. The lowest BCUT2D eigenvalue weighted by molar-refractivity contribution is 0.0648. The summed E-state index contributed by atoms with van der Waals surface area (Å²) >= 11 is 0. The molecule has 2 aromatic carbocycles. The van der Waals surface area contributed by atoms with E-state index in [1.807, 2.05) is 60.4 Å². The van der Waals surface area contributed by atoms with E-state index in [4.69, 9.17) is 5.73 Å². The molecule has 6 nitrogen and oxygen atoms in total. The Morgan fingerprint density at radius 1 is 1.09 bits per heavy atom. The van der Waals surface area contributed by atoms with Gasteiger partial charge in [0.05, 0.1) is 5.69 Å². The summed E-state index contributed by atoms with van der Waals surface area (Å²) in [5, 5.41) is 3.24. The van der Waals surface area contributed by atoms with Crippen LogP contribution in [0.3, 0.4) is 0 Å². The zero-order valence-corrected chi connectivity index (χ0v) is 18.8. The third-order valence-corrected chi connectivity index (χ3v) is 6.31. The largest absolute Gasteiger partial charge is 0.398 e. The minimum atomic E-state index is 0.112. The molecule has 0 unspecified atom stereocenters. The molecule has 0 atom stereocenters. The van der Waals surface area contributed by atoms with Crippen LogP contribution >= 0.6 is 0 Å². The fourth-order valence-electron chi connectivity index (χ4n) is 4.45. The third kappa shape index (κ3) is 4.74. The number of carbonyl (C=O) groups excluding carboxylic acids is 1. The summed E-state index contributed by atoms with van der Waals surface area (Å²) in [5.74, 6) is 0.613. The summed E-state index contributed by atoms with van der Waals surface area (Å²) in [7, 11) is 0. The minimum absolute atomic E-state index is 0.112. The normalized spacial score (nSPS) is 14.2. The summed E-state index contributed by atoms with van der Waals surface area (Å²) in [4.78, 5) is 24.1. The van der Waals surface area contributed by atoms with Gasteiger partial charge in [-0.05, 0) is 68.7 Å². The lowest BCUT2D eigenvalue weighted by Gasteiger charge is -2.33.